The Bertz CT molecular complexity index is 758. The number of nitrogens with zero attached hydrogens (tertiary/aromatic N) is 1. The third kappa shape index (κ3) is 4.48. The second-order valence-electron chi connectivity index (χ2n) is 4.82. The van der Waals surface area contributed by atoms with E-state index in [1.807, 2.05) is 0 Å². The highest BCUT2D eigenvalue weighted by atomic mass is 35.5. The van der Waals surface area contributed by atoms with E-state index in [2.05, 4.69) is 5.32 Å². The lowest BCUT2D eigenvalue weighted by molar-refractivity contribution is 0.117. The molecule has 2 aromatic carbocycles. The zero-order chi connectivity index (χ0) is 17.7. The molecule has 4 nitrogen and oxygen atoms in total. The smallest absolute Gasteiger partial charge is 0.150 e. The number of rotatable bonds is 6. The third-order valence-corrected chi connectivity index (χ3v) is 3.83. The molecule has 8 heteroatoms. The second-order valence-corrected chi connectivity index (χ2v) is 5.61. The summed E-state index contributed by atoms with van der Waals surface area (Å²) in [6.07, 6.45) is -1.06. The van der Waals surface area contributed by atoms with Gasteiger partial charge in [-0.2, -0.15) is 5.26 Å². The fourth-order valence-electron chi connectivity index (χ4n) is 1.87. The van der Waals surface area contributed by atoms with Crippen LogP contribution >= 0.6 is 23.2 Å². The zero-order valence-electron chi connectivity index (χ0n) is 12.2. The van der Waals surface area contributed by atoms with Gasteiger partial charge in [0.15, 0.2) is 11.6 Å². The molecule has 2 N–H and O–H groups in total. The summed E-state index contributed by atoms with van der Waals surface area (Å²) in [6.45, 7) is -0.329. The molecule has 0 aliphatic rings. The Hall–Kier alpha value is -2.07. The minimum absolute atomic E-state index is 0.130. The van der Waals surface area contributed by atoms with Gasteiger partial charge in [-0.3, -0.25) is 0 Å². The highest BCUT2D eigenvalue weighted by Crippen LogP contribution is 2.31. The number of hydrogen-bond acceptors (Lipinski definition) is 4. The molecule has 0 radical (unpaired) electrons. The predicted octanol–water partition coefficient (Wildman–Crippen LogP) is 4.00. The summed E-state index contributed by atoms with van der Waals surface area (Å²) >= 11 is 11.8. The normalized spacial score (nSPS) is 11.7. The average Bonchev–Trinajstić information content (AvgIpc) is 2.55. The van der Waals surface area contributed by atoms with Crippen LogP contribution in [0.15, 0.2) is 30.3 Å². The van der Waals surface area contributed by atoms with Crippen LogP contribution in [-0.2, 0) is 0 Å². The van der Waals surface area contributed by atoms with Crippen LogP contribution in [-0.4, -0.2) is 24.4 Å². The highest BCUT2D eigenvalue weighted by molar-refractivity contribution is 6.42. The molecule has 2 rings (SSSR count). The van der Waals surface area contributed by atoms with Gasteiger partial charge in [-0.05, 0) is 24.3 Å². The summed E-state index contributed by atoms with van der Waals surface area (Å²) in [5.41, 5.74) is -0.552. The van der Waals surface area contributed by atoms with Crippen LogP contribution in [0.3, 0.4) is 0 Å². The first-order valence-corrected chi connectivity index (χ1v) is 7.56. The molecule has 0 bridgehead atoms. The SMILES string of the molecule is N#Cc1cc(F)c(NCC(O)COc2cccc(Cl)c2Cl)c(F)c1. The number of nitrogens with one attached hydrogen (secondary N) is 1. The summed E-state index contributed by atoms with van der Waals surface area (Å²) in [5, 5.41) is 21.5. The fourth-order valence-corrected chi connectivity index (χ4v) is 2.21. The second kappa shape index (κ2) is 8.15. The Morgan fingerprint density at radius 1 is 1.25 bits per heavy atom. The lowest BCUT2D eigenvalue weighted by Gasteiger charge is -2.15. The first kappa shape index (κ1) is 18.3. The molecule has 0 amide bonds. The van der Waals surface area contributed by atoms with Crippen LogP contribution in [0.1, 0.15) is 5.56 Å². The van der Waals surface area contributed by atoms with Crippen molar-refractivity contribution in [3.05, 3.63) is 57.6 Å². The first-order chi connectivity index (χ1) is 11.4. The van der Waals surface area contributed by atoms with Gasteiger partial charge in [0.25, 0.3) is 0 Å². The van der Waals surface area contributed by atoms with Crippen molar-refractivity contribution in [2.45, 2.75) is 6.10 Å². The van der Waals surface area contributed by atoms with Gasteiger partial charge in [-0.15, -0.1) is 0 Å². The molecule has 0 saturated carbocycles. The monoisotopic (exact) mass is 372 g/mol. The molecule has 0 saturated heterocycles. The van der Waals surface area contributed by atoms with E-state index in [-0.39, 0.29) is 23.7 Å². The highest BCUT2D eigenvalue weighted by Gasteiger charge is 2.14. The van der Waals surface area contributed by atoms with Crippen LogP contribution in [0.5, 0.6) is 5.75 Å². The molecule has 1 atom stereocenters. The van der Waals surface area contributed by atoms with Gasteiger partial charge in [0, 0.05) is 6.54 Å². The molecule has 0 spiro atoms. The Balaban J connectivity index is 1.93. The molecule has 0 heterocycles. The van der Waals surface area contributed by atoms with E-state index in [1.54, 1.807) is 24.3 Å². The van der Waals surface area contributed by atoms with E-state index >= 15 is 0 Å². The minimum atomic E-state index is -1.06. The van der Waals surface area contributed by atoms with E-state index in [0.29, 0.717) is 10.8 Å². The van der Waals surface area contributed by atoms with Crippen LogP contribution in [0, 0.1) is 23.0 Å². The van der Waals surface area contributed by atoms with E-state index in [4.69, 9.17) is 33.2 Å². The zero-order valence-corrected chi connectivity index (χ0v) is 13.7. The first-order valence-electron chi connectivity index (χ1n) is 6.80. The van der Waals surface area contributed by atoms with Gasteiger partial charge in [0.05, 0.1) is 16.7 Å². The largest absolute Gasteiger partial charge is 0.489 e. The average molecular weight is 373 g/mol. The summed E-state index contributed by atoms with van der Waals surface area (Å²) in [5.74, 6) is -1.55. The number of nitriles is 1. The van der Waals surface area contributed by atoms with Crippen molar-refractivity contribution in [2.24, 2.45) is 0 Å². The molecule has 0 fully saturated rings. The standard InChI is InChI=1S/C16H12Cl2F2N2O2/c17-11-2-1-3-14(15(11)18)24-8-10(23)7-22-16-12(19)4-9(6-21)5-13(16)20/h1-5,10,22-23H,7-8H2. The van der Waals surface area contributed by atoms with Crippen molar-refractivity contribution in [3.63, 3.8) is 0 Å². The minimum Gasteiger partial charge on any atom is -0.489 e. The number of aliphatic hydroxyl groups is 1. The fraction of sp³-hybridized carbons (Fsp3) is 0.188. The van der Waals surface area contributed by atoms with E-state index in [9.17, 15) is 13.9 Å². The molecule has 1 unspecified atom stereocenters. The maximum Gasteiger partial charge on any atom is 0.150 e. The van der Waals surface area contributed by atoms with E-state index < -0.39 is 23.4 Å². The number of halogens is 4. The number of ether oxygens (including phenoxy) is 1. The van der Waals surface area contributed by atoms with Crippen molar-refractivity contribution >= 4 is 28.9 Å². The number of hydrogen-bond donors (Lipinski definition) is 2. The lowest BCUT2D eigenvalue weighted by Crippen LogP contribution is -2.27. The molecule has 0 aliphatic carbocycles. The molecule has 0 aromatic heterocycles. The van der Waals surface area contributed by atoms with Gasteiger partial charge in [0.2, 0.25) is 0 Å². The summed E-state index contributed by atoms with van der Waals surface area (Å²) in [7, 11) is 0. The Kier molecular flexibility index (Phi) is 6.21. The van der Waals surface area contributed by atoms with Crippen molar-refractivity contribution in [1.82, 2.24) is 0 Å². The van der Waals surface area contributed by atoms with Gasteiger partial charge in [-0.25, -0.2) is 8.78 Å². The van der Waals surface area contributed by atoms with Crippen LogP contribution < -0.4 is 10.1 Å². The van der Waals surface area contributed by atoms with Crippen LogP contribution in [0.25, 0.3) is 0 Å². The van der Waals surface area contributed by atoms with Gasteiger partial charge >= 0.3 is 0 Å². The molecule has 126 valence electrons. The number of aliphatic hydroxyl groups excluding tert-OH is 1. The van der Waals surface area contributed by atoms with Gasteiger partial charge in [0.1, 0.15) is 29.2 Å². The summed E-state index contributed by atoms with van der Waals surface area (Å²) < 4.78 is 32.7. The number of benzene rings is 2. The van der Waals surface area contributed by atoms with Crippen molar-refractivity contribution in [1.29, 1.82) is 5.26 Å². The van der Waals surface area contributed by atoms with Gasteiger partial charge in [-0.1, -0.05) is 29.3 Å². The topological polar surface area (TPSA) is 65.3 Å². The summed E-state index contributed by atoms with van der Waals surface area (Å²) in [6, 6.07) is 8.25. The molecule has 0 aliphatic heterocycles. The van der Waals surface area contributed by atoms with E-state index in [1.165, 1.54) is 0 Å². The Labute approximate surface area is 147 Å². The molecular weight excluding hydrogens is 361 g/mol. The van der Waals surface area contributed by atoms with Crippen LogP contribution in [0.2, 0.25) is 10.0 Å². The molecule has 24 heavy (non-hydrogen) atoms. The van der Waals surface area contributed by atoms with Crippen molar-refractivity contribution in [2.75, 3.05) is 18.5 Å². The lowest BCUT2D eigenvalue weighted by atomic mass is 10.2. The third-order valence-electron chi connectivity index (χ3n) is 3.03. The Morgan fingerprint density at radius 3 is 2.54 bits per heavy atom. The van der Waals surface area contributed by atoms with E-state index in [0.717, 1.165) is 12.1 Å². The molecule has 2 aromatic rings. The Morgan fingerprint density at radius 2 is 1.92 bits per heavy atom. The van der Waals surface area contributed by atoms with Gasteiger partial charge < -0.3 is 15.2 Å². The van der Waals surface area contributed by atoms with Crippen LogP contribution in [0.4, 0.5) is 14.5 Å². The molecular formula is C16H12Cl2F2N2O2. The number of anilines is 1. The van der Waals surface area contributed by atoms with Crippen molar-refractivity contribution < 1.29 is 18.6 Å². The quantitative estimate of drug-likeness (QED) is 0.804. The van der Waals surface area contributed by atoms with Crippen molar-refractivity contribution in [3.8, 4) is 11.8 Å². The predicted molar refractivity (Wildman–Crippen MR) is 87.5 cm³/mol. The maximum atomic E-state index is 13.7. The summed E-state index contributed by atoms with van der Waals surface area (Å²) in [4.78, 5) is 0. The maximum absolute atomic E-state index is 13.7.